The van der Waals surface area contributed by atoms with E-state index in [4.69, 9.17) is 0 Å². The van der Waals surface area contributed by atoms with Crippen molar-refractivity contribution in [1.29, 1.82) is 0 Å². The van der Waals surface area contributed by atoms with Gasteiger partial charge in [0.2, 0.25) is 5.91 Å². The molecule has 18 heavy (non-hydrogen) atoms. The van der Waals surface area contributed by atoms with Crippen LogP contribution in [0.4, 0.5) is 0 Å². The highest BCUT2D eigenvalue weighted by Gasteiger charge is 2.32. The van der Waals surface area contributed by atoms with E-state index >= 15 is 0 Å². The second kappa shape index (κ2) is 5.41. The van der Waals surface area contributed by atoms with Crippen LogP contribution < -0.4 is 10.6 Å². The molecule has 4 heteroatoms. The van der Waals surface area contributed by atoms with E-state index in [2.05, 4.69) is 28.1 Å². The van der Waals surface area contributed by atoms with Gasteiger partial charge in [0.15, 0.2) is 0 Å². The van der Waals surface area contributed by atoms with E-state index in [1.165, 1.54) is 17.7 Å². The summed E-state index contributed by atoms with van der Waals surface area (Å²) in [6.07, 6.45) is 4.84. The Kier molecular flexibility index (Phi) is 3.66. The van der Waals surface area contributed by atoms with Crippen molar-refractivity contribution in [1.82, 2.24) is 10.6 Å². The van der Waals surface area contributed by atoms with Gasteiger partial charge in [-0.05, 0) is 43.0 Å². The molecule has 1 atom stereocenters. The van der Waals surface area contributed by atoms with Gasteiger partial charge in [0, 0.05) is 29.9 Å². The van der Waals surface area contributed by atoms with Crippen molar-refractivity contribution in [3.63, 3.8) is 0 Å². The largest absolute Gasteiger partial charge is 0.355 e. The van der Waals surface area contributed by atoms with Crippen LogP contribution >= 0.6 is 11.3 Å². The van der Waals surface area contributed by atoms with Gasteiger partial charge >= 0.3 is 0 Å². The molecule has 0 spiro atoms. The number of rotatable bonds is 7. The molecule has 1 aromatic heterocycles. The summed E-state index contributed by atoms with van der Waals surface area (Å²) >= 11 is 1.83. The fourth-order valence-electron chi connectivity index (χ4n) is 2.30. The minimum Gasteiger partial charge on any atom is -0.355 e. The monoisotopic (exact) mass is 264 g/mol. The third-order valence-corrected chi connectivity index (χ3v) is 4.64. The average Bonchev–Trinajstić information content (AvgIpc) is 3.28. The molecule has 2 aliphatic rings. The summed E-state index contributed by atoms with van der Waals surface area (Å²) < 4.78 is 0. The Hall–Kier alpha value is -0.870. The van der Waals surface area contributed by atoms with Crippen LogP contribution in [0.15, 0.2) is 17.5 Å². The predicted molar refractivity (Wildman–Crippen MR) is 73.5 cm³/mol. The number of hydrogen-bond donors (Lipinski definition) is 2. The van der Waals surface area contributed by atoms with Crippen LogP contribution in [-0.4, -0.2) is 19.0 Å². The van der Waals surface area contributed by atoms with Gasteiger partial charge in [0.05, 0.1) is 0 Å². The third-order valence-electron chi connectivity index (χ3n) is 3.68. The number of amides is 1. The number of thiophene rings is 1. The van der Waals surface area contributed by atoms with Crippen LogP contribution in [-0.2, 0) is 4.79 Å². The molecule has 2 fully saturated rings. The lowest BCUT2D eigenvalue weighted by Gasteiger charge is -2.17. The van der Waals surface area contributed by atoms with Crippen molar-refractivity contribution in [2.45, 2.75) is 31.7 Å². The Morgan fingerprint density at radius 3 is 2.78 bits per heavy atom. The van der Waals surface area contributed by atoms with Crippen molar-refractivity contribution in [2.24, 2.45) is 11.8 Å². The first-order valence-corrected chi connectivity index (χ1v) is 7.77. The topological polar surface area (TPSA) is 41.1 Å². The van der Waals surface area contributed by atoms with Gasteiger partial charge < -0.3 is 10.6 Å². The van der Waals surface area contributed by atoms with E-state index < -0.39 is 0 Å². The molecule has 0 aromatic carbocycles. The molecule has 2 aliphatic carbocycles. The molecule has 98 valence electrons. The summed E-state index contributed by atoms with van der Waals surface area (Å²) in [6.45, 7) is 1.63. The van der Waals surface area contributed by atoms with Gasteiger partial charge in [0.1, 0.15) is 0 Å². The Morgan fingerprint density at radius 1 is 1.33 bits per heavy atom. The zero-order chi connectivity index (χ0) is 12.4. The van der Waals surface area contributed by atoms with Gasteiger partial charge in [-0.15, -0.1) is 11.3 Å². The maximum absolute atomic E-state index is 11.5. The van der Waals surface area contributed by atoms with Gasteiger partial charge in [-0.1, -0.05) is 6.07 Å². The average molecular weight is 264 g/mol. The fraction of sp³-hybridized carbons (Fsp3) is 0.643. The van der Waals surface area contributed by atoms with Crippen molar-refractivity contribution >= 4 is 17.2 Å². The molecule has 1 aromatic rings. The van der Waals surface area contributed by atoms with Crippen LogP contribution in [0.3, 0.4) is 0 Å². The molecule has 1 amide bonds. The van der Waals surface area contributed by atoms with E-state index in [0.29, 0.717) is 12.0 Å². The molecule has 1 unspecified atom stereocenters. The minimum atomic E-state index is 0.246. The maximum atomic E-state index is 11.5. The normalized spacial score (nSPS) is 20.7. The van der Waals surface area contributed by atoms with E-state index in [9.17, 15) is 4.79 Å². The van der Waals surface area contributed by atoms with Crippen LogP contribution in [0, 0.1) is 11.8 Å². The lowest BCUT2D eigenvalue weighted by molar-refractivity contribution is -0.122. The quantitative estimate of drug-likeness (QED) is 0.742. The molecule has 2 saturated carbocycles. The Balaban J connectivity index is 1.41. The lowest BCUT2D eigenvalue weighted by Crippen LogP contribution is -2.34. The van der Waals surface area contributed by atoms with E-state index in [1.807, 2.05) is 11.3 Å². The molecular weight excluding hydrogens is 244 g/mol. The van der Waals surface area contributed by atoms with Gasteiger partial charge in [-0.3, -0.25) is 4.79 Å². The number of hydrogen-bond acceptors (Lipinski definition) is 3. The molecule has 0 saturated heterocycles. The van der Waals surface area contributed by atoms with Crippen molar-refractivity contribution < 1.29 is 4.79 Å². The predicted octanol–water partition coefficient (Wildman–Crippen LogP) is 2.31. The molecular formula is C14H20N2OS. The molecule has 3 nitrogen and oxygen atoms in total. The van der Waals surface area contributed by atoms with Crippen LogP contribution in [0.25, 0.3) is 0 Å². The van der Waals surface area contributed by atoms with E-state index in [0.717, 1.165) is 31.8 Å². The van der Waals surface area contributed by atoms with E-state index in [-0.39, 0.29) is 5.91 Å². The Morgan fingerprint density at radius 2 is 2.17 bits per heavy atom. The molecule has 0 aliphatic heterocycles. The Labute approximate surface area is 112 Å². The highest BCUT2D eigenvalue weighted by atomic mass is 32.1. The molecule has 1 heterocycles. The lowest BCUT2D eigenvalue weighted by atomic mass is 10.1. The number of carbonyl (C=O) groups excluding carboxylic acids is 1. The van der Waals surface area contributed by atoms with E-state index in [1.54, 1.807) is 0 Å². The first kappa shape index (κ1) is 12.2. The maximum Gasteiger partial charge on any atom is 0.223 e. The van der Waals surface area contributed by atoms with Crippen molar-refractivity contribution in [3.05, 3.63) is 22.4 Å². The van der Waals surface area contributed by atoms with Crippen LogP contribution in [0.5, 0.6) is 0 Å². The number of nitrogens with one attached hydrogen (secondary N) is 2. The summed E-state index contributed by atoms with van der Waals surface area (Å²) in [5.41, 5.74) is 0. The summed E-state index contributed by atoms with van der Waals surface area (Å²) in [5, 5.41) is 8.74. The van der Waals surface area contributed by atoms with Gasteiger partial charge in [0.25, 0.3) is 0 Å². The summed E-state index contributed by atoms with van der Waals surface area (Å²) in [4.78, 5) is 12.9. The SMILES string of the molecule is O=C(NCCNC(c1cccs1)C1CC1)C1CC1. The standard InChI is InChI=1S/C14H20N2OS/c17-14(11-5-6-11)16-8-7-15-13(10-3-4-10)12-2-1-9-18-12/h1-2,9-11,13,15H,3-8H2,(H,16,17). The molecule has 3 rings (SSSR count). The zero-order valence-electron chi connectivity index (χ0n) is 10.5. The highest BCUT2D eigenvalue weighted by molar-refractivity contribution is 7.10. The molecule has 0 bridgehead atoms. The van der Waals surface area contributed by atoms with Gasteiger partial charge in [-0.25, -0.2) is 0 Å². The zero-order valence-corrected chi connectivity index (χ0v) is 11.3. The van der Waals surface area contributed by atoms with Crippen LogP contribution in [0.2, 0.25) is 0 Å². The molecule has 0 radical (unpaired) electrons. The third kappa shape index (κ3) is 3.12. The first-order valence-electron chi connectivity index (χ1n) is 6.89. The van der Waals surface area contributed by atoms with Crippen molar-refractivity contribution in [2.75, 3.05) is 13.1 Å². The molecule has 2 N–H and O–H groups in total. The summed E-state index contributed by atoms with van der Waals surface area (Å²) in [6, 6.07) is 4.83. The fourth-order valence-corrected chi connectivity index (χ4v) is 3.19. The summed E-state index contributed by atoms with van der Waals surface area (Å²) in [5.74, 6) is 1.38. The smallest absolute Gasteiger partial charge is 0.223 e. The van der Waals surface area contributed by atoms with Crippen LogP contribution in [0.1, 0.15) is 36.6 Å². The first-order chi connectivity index (χ1) is 8.84. The second-order valence-electron chi connectivity index (χ2n) is 5.35. The van der Waals surface area contributed by atoms with Gasteiger partial charge in [-0.2, -0.15) is 0 Å². The number of carbonyl (C=O) groups is 1. The van der Waals surface area contributed by atoms with Crippen molar-refractivity contribution in [3.8, 4) is 0 Å². The minimum absolute atomic E-state index is 0.246. The second-order valence-corrected chi connectivity index (χ2v) is 6.33. The Bertz CT molecular complexity index is 396. The summed E-state index contributed by atoms with van der Waals surface area (Å²) in [7, 11) is 0. The highest BCUT2D eigenvalue weighted by Crippen LogP contribution is 2.42.